The van der Waals surface area contributed by atoms with Crippen LogP contribution in [-0.4, -0.2) is 43.5 Å². The lowest BCUT2D eigenvalue weighted by molar-refractivity contribution is -0.133. The molecule has 0 unspecified atom stereocenters. The third-order valence-electron chi connectivity index (χ3n) is 5.38. The van der Waals surface area contributed by atoms with E-state index >= 15 is 0 Å². The molecule has 31 heavy (non-hydrogen) atoms. The summed E-state index contributed by atoms with van der Waals surface area (Å²) in [5.74, 6) is 0.618. The van der Waals surface area contributed by atoms with Crippen LogP contribution in [0.3, 0.4) is 0 Å². The highest BCUT2D eigenvalue weighted by molar-refractivity contribution is 8.01. The van der Waals surface area contributed by atoms with E-state index in [9.17, 15) is 18.0 Å². The fourth-order valence-corrected chi connectivity index (χ4v) is 5.78. The van der Waals surface area contributed by atoms with E-state index in [1.807, 2.05) is 0 Å². The number of thioether (sulfide) groups is 1. The summed E-state index contributed by atoms with van der Waals surface area (Å²) in [7, 11) is -3.80. The molecule has 166 valence electrons. The summed E-state index contributed by atoms with van der Waals surface area (Å²) in [5, 5.41) is 1.86. The van der Waals surface area contributed by atoms with Crippen LogP contribution in [-0.2, 0) is 26.2 Å². The number of amides is 2. The van der Waals surface area contributed by atoms with Gasteiger partial charge in [-0.25, -0.2) is 13.1 Å². The van der Waals surface area contributed by atoms with Crippen LogP contribution in [0, 0.1) is 6.92 Å². The topological polar surface area (TPSA) is 109 Å². The Labute approximate surface area is 185 Å². The van der Waals surface area contributed by atoms with Crippen LogP contribution in [0.25, 0.3) is 0 Å². The predicted molar refractivity (Wildman–Crippen MR) is 117 cm³/mol. The van der Waals surface area contributed by atoms with Crippen molar-refractivity contribution in [3.63, 3.8) is 0 Å². The van der Waals surface area contributed by atoms with Crippen molar-refractivity contribution in [2.24, 2.45) is 0 Å². The average Bonchev–Trinajstić information content (AvgIpc) is 2.99. The standard InChI is InChI=1S/C21H25N3O5S2/c1-14-6-7-15(29-14)13-22-31(27,28)16-8-9-18-17(12-16)23-20(25)19(30-18)21(26)24-10-4-2-3-5-11-24/h6-9,12,19,22H,2-5,10-11,13H2,1H3,(H,23,25)/t19-/m0/s1. The summed E-state index contributed by atoms with van der Waals surface area (Å²) in [4.78, 5) is 28.0. The predicted octanol–water partition coefficient (Wildman–Crippen LogP) is 2.88. The molecule has 2 aliphatic rings. The van der Waals surface area contributed by atoms with Crippen LogP contribution in [0.5, 0.6) is 0 Å². The lowest BCUT2D eigenvalue weighted by atomic mass is 10.2. The number of nitrogens with one attached hydrogen (secondary N) is 2. The van der Waals surface area contributed by atoms with Gasteiger partial charge in [0, 0.05) is 18.0 Å². The minimum absolute atomic E-state index is 0.0285. The maximum absolute atomic E-state index is 12.9. The highest BCUT2D eigenvalue weighted by Crippen LogP contribution is 2.38. The Hall–Kier alpha value is -2.30. The summed E-state index contributed by atoms with van der Waals surface area (Å²) in [6.45, 7) is 3.16. The Morgan fingerprint density at radius 1 is 1.19 bits per heavy atom. The summed E-state index contributed by atoms with van der Waals surface area (Å²) in [6, 6.07) is 8.00. The Morgan fingerprint density at radius 2 is 1.94 bits per heavy atom. The number of anilines is 1. The summed E-state index contributed by atoms with van der Waals surface area (Å²) < 4.78 is 33.2. The number of carbonyl (C=O) groups is 2. The number of benzene rings is 1. The number of carbonyl (C=O) groups excluding carboxylic acids is 2. The Bertz CT molecular complexity index is 1090. The highest BCUT2D eigenvalue weighted by atomic mass is 32.2. The van der Waals surface area contributed by atoms with Crippen molar-refractivity contribution < 1.29 is 22.4 Å². The first-order valence-corrected chi connectivity index (χ1v) is 12.6. The molecule has 0 spiro atoms. The maximum Gasteiger partial charge on any atom is 0.247 e. The van der Waals surface area contributed by atoms with Crippen LogP contribution in [0.4, 0.5) is 5.69 Å². The Balaban J connectivity index is 1.47. The van der Waals surface area contributed by atoms with Gasteiger partial charge in [-0.15, -0.1) is 11.8 Å². The Kier molecular flexibility index (Phi) is 6.40. The monoisotopic (exact) mass is 463 g/mol. The van der Waals surface area contributed by atoms with Gasteiger partial charge in [0.05, 0.1) is 17.1 Å². The molecule has 2 N–H and O–H groups in total. The van der Waals surface area contributed by atoms with Crippen molar-refractivity contribution in [1.82, 2.24) is 9.62 Å². The third-order valence-corrected chi connectivity index (χ3v) is 8.04. The second kappa shape index (κ2) is 9.05. The number of fused-ring (bicyclic) bond motifs is 1. The van der Waals surface area contributed by atoms with E-state index in [1.165, 1.54) is 23.9 Å². The molecular formula is C21H25N3O5S2. The molecule has 0 saturated carbocycles. The van der Waals surface area contributed by atoms with Gasteiger partial charge in [-0.05, 0) is 50.1 Å². The second-order valence-corrected chi connectivity index (χ2v) is 10.6. The van der Waals surface area contributed by atoms with Crippen LogP contribution in [0.2, 0.25) is 0 Å². The number of sulfonamides is 1. The lowest BCUT2D eigenvalue weighted by Gasteiger charge is -2.28. The zero-order valence-electron chi connectivity index (χ0n) is 17.2. The zero-order chi connectivity index (χ0) is 22.0. The first kappa shape index (κ1) is 21.9. The quantitative estimate of drug-likeness (QED) is 0.660. The molecule has 10 heteroatoms. The Morgan fingerprint density at radius 3 is 2.61 bits per heavy atom. The van der Waals surface area contributed by atoms with Gasteiger partial charge in [-0.1, -0.05) is 12.8 Å². The van der Waals surface area contributed by atoms with Crippen molar-refractivity contribution in [2.75, 3.05) is 18.4 Å². The van der Waals surface area contributed by atoms with Gasteiger partial charge < -0.3 is 14.6 Å². The van der Waals surface area contributed by atoms with Crippen LogP contribution in [0.1, 0.15) is 37.2 Å². The van der Waals surface area contributed by atoms with Crippen molar-refractivity contribution in [3.05, 3.63) is 41.9 Å². The number of furan rings is 1. The number of likely N-dealkylation sites (tertiary alicyclic amines) is 1. The largest absolute Gasteiger partial charge is 0.465 e. The molecule has 8 nitrogen and oxygen atoms in total. The van der Waals surface area contributed by atoms with Crippen molar-refractivity contribution in [3.8, 4) is 0 Å². The number of aryl methyl sites for hydroxylation is 1. The molecule has 1 fully saturated rings. The highest BCUT2D eigenvalue weighted by Gasteiger charge is 2.36. The molecule has 0 aliphatic carbocycles. The molecule has 3 heterocycles. The van der Waals surface area contributed by atoms with Crippen molar-refractivity contribution >= 4 is 39.3 Å². The van der Waals surface area contributed by atoms with E-state index in [2.05, 4.69) is 10.0 Å². The molecule has 2 aromatic rings. The molecule has 1 atom stereocenters. The maximum atomic E-state index is 12.9. The van der Waals surface area contributed by atoms with Crippen molar-refractivity contribution in [1.29, 1.82) is 0 Å². The van der Waals surface area contributed by atoms with Crippen LogP contribution in [0.15, 0.2) is 44.5 Å². The van der Waals surface area contributed by atoms with E-state index in [0.717, 1.165) is 25.7 Å². The van der Waals surface area contributed by atoms with Gasteiger partial charge in [0.25, 0.3) is 0 Å². The first-order chi connectivity index (χ1) is 14.8. The summed E-state index contributed by atoms with van der Waals surface area (Å²) in [6.07, 6.45) is 4.10. The summed E-state index contributed by atoms with van der Waals surface area (Å²) >= 11 is 1.17. The van der Waals surface area contributed by atoms with Crippen molar-refractivity contribution in [2.45, 2.75) is 54.2 Å². The molecule has 1 aromatic heterocycles. The molecule has 1 aromatic carbocycles. The zero-order valence-corrected chi connectivity index (χ0v) is 18.9. The van der Waals surface area contributed by atoms with E-state index in [1.54, 1.807) is 30.0 Å². The van der Waals surface area contributed by atoms with E-state index in [-0.39, 0.29) is 17.3 Å². The average molecular weight is 464 g/mol. The molecule has 0 bridgehead atoms. The SMILES string of the molecule is Cc1ccc(CNS(=O)(=O)c2ccc3c(c2)NC(=O)[C@@H](C(=O)N2CCCCCC2)S3)o1. The van der Waals surface area contributed by atoms with Crippen LogP contribution >= 0.6 is 11.8 Å². The normalized spacial score (nSPS) is 19.5. The lowest BCUT2D eigenvalue weighted by Crippen LogP contribution is -2.45. The number of nitrogens with zero attached hydrogens (tertiary/aromatic N) is 1. The fourth-order valence-electron chi connectivity index (χ4n) is 3.70. The minimum Gasteiger partial charge on any atom is -0.465 e. The van der Waals surface area contributed by atoms with E-state index in [4.69, 9.17) is 4.42 Å². The summed E-state index contributed by atoms with van der Waals surface area (Å²) in [5.41, 5.74) is 0.395. The number of hydrogen-bond donors (Lipinski definition) is 2. The molecule has 0 radical (unpaired) electrons. The number of hydrogen-bond acceptors (Lipinski definition) is 6. The molecule has 1 saturated heterocycles. The molecule has 2 aliphatic heterocycles. The van der Waals surface area contributed by atoms with Gasteiger partial charge in [0.1, 0.15) is 11.5 Å². The first-order valence-electron chi connectivity index (χ1n) is 10.3. The number of rotatable bonds is 5. The van der Waals surface area contributed by atoms with Gasteiger partial charge >= 0.3 is 0 Å². The van der Waals surface area contributed by atoms with Gasteiger partial charge in [0.2, 0.25) is 21.8 Å². The molecular weight excluding hydrogens is 438 g/mol. The van der Waals surface area contributed by atoms with E-state index < -0.39 is 21.2 Å². The molecule has 2 amide bonds. The van der Waals surface area contributed by atoms with Crippen LogP contribution < -0.4 is 10.0 Å². The third kappa shape index (κ3) is 4.97. The fraction of sp³-hybridized carbons (Fsp3) is 0.429. The smallest absolute Gasteiger partial charge is 0.247 e. The second-order valence-electron chi connectivity index (χ2n) is 7.72. The minimum atomic E-state index is -3.80. The van der Waals surface area contributed by atoms with Gasteiger partial charge in [-0.3, -0.25) is 9.59 Å². The van der Waals surface area contributed by atoms with Gasteiger partial charge in [-0.2, -0.15) is 0 Å². The molecule has 4 rings (SSSR count). The van der Waals surface area contributed by atoms with Gasteiger partial charge in [0.15, 0.2) is 5.25 Å². The van der Waals surface area contributed by atoms with E-state index in [0.29, 0.717) is 35.2 Å².